The van der Waals surface area contributed by atoms with Gasteiger partial charge in [-0.15, -0.1) is 12.4 Å². The van der Waals surface area contributed by atoms with Crippen molar-refractivity contribution in [1.29, 1.82) is 0 Å². The largest absolute Gasteiger partial charge is 0.297 e. The molecule has 1 unspecified atom stereocenters. The first-order valence-electron chi connectivity index (χ1n) is 21.1. The molecule has 1 aromatic carbocycles. The van der Waals surface area contributed by atoms with Gasteiger partial charge in [0.05, 0.1) is 0 Å². The van der Waals surface area contributed by atoms with E-state index in [4.69, 9.17) is 0 Å². The molecule has 0 bridgehead atoms. The molecule has 0 radical (unpaired) electrons. The molecule has 0 N–H and O–H groups in total. The van der Waals surface area contributed by atoms with Gasteiger partial charge in [-0.25, -0.2) is 0 Å². The Bertz CT molecular complexity index is 640. The molecular weight excluding hydrogens is 578 g/mol. The van der Waals surface area contributed by atoms with Gasteiger partial charge < -0.3 is 0 Å². The van der Waals surface area contributed by atoms with Crippen LogP contribution in [0.2, 0.25) is 0 Å². The number of halogens is 1. The van der Waals surface area contributed by atoms with E-state index in [-0.39, 0.29) is 12.4 Å². The second-order valence-corrected chi connectivity index (χ2v) is 14.7. The highest BCUT2D eigenvalue weighted by Gasteiger charge is 2.15. The minimum Gasteiger partial charge on any atom is -0.297 e. The Kier molecular flexibility index (Phi) is 36.9. The van der Waals surface area contributed by atoms with Crippen LogP contribution in [-0.4, -0.2) is 18.0 Å². The van der Waals surface area contributed by atoms with Crippen LogP contribution < -0.4 is 0 Å². The van der Waals surface area contributed by atoms with Crippen molar-refractivity contribution in [3.05, 3.63) is 35.9 Å². The third-order valence-electron chi connectivity index (χ3n) is 10.4. The maximum absolute atomic E-state index is 2.79. The van der Waals surface area contributed by atoms with Crippen LogP contribution in [0.1, 0.15) is 238 Å². The fourth-order valence-electron chi connectivity index (χ4n) is 7.17. The van der Waals surface area contributed by atoms with Crippen molar-refractivity contribution in [2.45, 2.75) is 232 Å². The molecule has 0 heterocycles. The summed E-state index contributed by atoms with van der Waals surface area (Å²) in [5, 5.41) is 0. The molecular formula is C44H84ClN. The van der Waals surface area contributed by atoms with Crippen molar-refractivity contribution in [2.75, 3.05) is 13.1 Å². The second-order valence-electron chi connectivity index (χ2n) is 14.7. The summed E-state index contributed by atoms with van der Waals surface area (Å²) >= 11 is 0. The quantitative estimate of drug-likeness (QED) is 0.0647. The minimum absolute atomic E-state index is 0. The summed E-state index contributed by atoms with van der Waals surface area (Å²) < 4.78 is 0. The summed E-state index contributed by atoms with van der Waals surface area (Å²) in [5.74, 6) is 0. The summed E-state index contributed by atoms with van der Waals surface area (Å²) in [4.78, 5) is 2.79. The first-order chi connectivity index (χ1) is 22.3. The van der Waals surface area contributed by atoms with Gasteiger partial charge in [-0.05, 0) is 38.4 Å². The molecule has 0 saturated carbocycles. The van der Waals surface area contributed by atoms with Crippen molar-refractivity contribution in [3.8, 4) is 0 Å². The number of benzene rings is 1. The highest BCUT2D eigenvalue weighted by atomic mass is 35.5. The third-order valence-corrected chi connectivity index (χ3v) is 10.4. The Balaban J connectivity index is 0.0000202. The predicted octanol–water partition coefficient (Wildman–Crippen LogP) is 16.0. The highest BCUT2D eigenvalue weighted by Crippen LogP contribution is 2.22. The maximum Gasteiger partial charge on any atom is 0.0319 e. The molecule has 1 aromatic rings. The fraction of sp³-hybridized carbons (Fsp3) is 0.864. The topological polar surface area (TPSA) is 3.24 Å². The van der Waals surface area contributed by atoms with Gasteiger partial charge in [-0.3, -0.25) is 4.90 Å². The molecule has 0 aliphatic rings. The van der Waals surface area contributed by atoms with E-state index in [2.05, 4.69) is 56.0 Å². The molecule has 1 atom stereocenters. The van der Waals surface area contributed by atoms with Crippen LogP contribution in [0.4, 0.5) is 0 Å². The van der Waals surface area contributed by atoms with Crippen molar-refractivity contribution in [2.24, 2.45) is 0 Å². The number of hydrogen-bond donors (Lipinski definition) is 0. The van der Waals surface area contributed by atoms with Gasteiger partial charge in [0.25, 0.3) is 0 Å². The van der Waals surface area contributed by atoms with Gasteiger partial charge in [-0.2, -0.15) is 0 Å². The molecule has 272 valence electrons. The normalized spacial score (nSPS) is 12.1. The minimum atomic E-state index is 0. The first kappa shape index (κ1) is 45.5. The van der Waals surface area contributed by atoms with Crippen molar-refractivity contribution < 1.29 is 0 Å². The second kappa shape index (κ2) is 37.3. The van der Waals surface area contributed by atoms with E-state index in [1.54, 1.807) is 0 Å². The van der Waals surface area contributed by atoms with Gasteiger partial charge in [0.1, 0.15) is 0 Å². The Morgan fingerprint density at radius 1 is 0.370 bits per heavy atom. The third kappa shape index (κ3) is 29.6. The van der Waals surface area contributed by atoms with Crippen LogP contribution in [-0.2, 0) is 0 Å². The van der Waals surface area contributed by atoms with E-state index < -0.39 is 0 Å². The van der Waals surface area contributed by atoms with E-state index in [1.165, 1.54) is 224 Å². The molecule has 0 spiro atoms. The van der Waals surface area contributed by atoms with Gasteiger partial charge in [-0.1, -0.05) is 237 Å². The van der Waals surface area contributed by atoms with Crippen molar-refractivity contribution in [3.63, 3.8) is 0 Å². The van der Waals surface area contributed by atoms with Crippen molar-refractivity contribution >= 4 is 12.4 Å². The fourth-order valence-corrected chi connectivity index (χ4v) is 7.17. The lowest BCUT2D eigenvalue weighted by molar-refractivity contribution is 0.201. The average molecular weight is 663 g/mol. The molecule has 0 saturated heterocycles. The zero-order valence-corrected chi connectivity index (χ0v) is 32.7. The lowest BCUT2D eigenvalue weighted by Crippen LogP contribution is -2.29. The molecule has 0 aromatic heterocycles. The molecule has 46 heavy (non-hydrogen) atoms. The molecule has 2 heteroatoms. The standard InChI is InChI=1S/C44H83N.ClH/c1-4-6-8-10-12-14-16-18-20-22-24-26-28-30-32-37-41-45(43(3)44-39-35-34-36-40-44)42-38-33-31-29-27-25-23-21-19-17-15-13-11-9-7-5-2;/h34-36,39-40,43H,4-33,37-38,41-42H2,1-3H3;1H. The monoisotopic (exact) mass is 662 g/mol. The number of hydrogen-bond acceptors (Lipinski definition) is 1. The Morgan fingerprint density at radius 2 is 0.609 bits per heavy atom. The average Bonchev–Trinajstić information content (AvgIpc) is 3.07. The lowest BCUT2D eigenvalue weighted by atomic mass is 10.0. The van der Waals surface area contributed by atoms with E-state index in [1.807, 2.05) is 0 Å². The smallest absolute Gasteiger partial charge is 0.0319 e. The molecule has 0 amide bonds. The van der Waals surface area contributed by atoms with E-state index in [0.717, 1.165) is 0 Å². The Morgan fingerprint density at radius 3 is 0.870 bits per heavy atom. The SMILES string of the molecule is CCCCCCCCCCCCCCCCCCN(CCCCCCCCCCCCCCCCCC)C(C)c1ccccc1.Cl. The van der Waals surface area contributed by atoms with Gasteiger partial charge in [0.15, 0.2) is 0 Å². The molecule has 1 nitrogen and oxygen atoms in total. The number of nitrogens with zero attached hydrogens (tertiary/aromatic N) is 1. The lowest BCUT2D eigenvalue weighted by Gasteiger charge is -2.29. The van der Waals surface area contributed by atoms with Crippen LogP contribution in [0.15, 0.2) is 30.3 Å². The van der Waals surface area contributed by atoms with Crippen LogP contribution >= 0.6 is 12.4 Å². The van der Waals surface area contributed by atoms with E-state index in [9.17, 15) is 0 Å². The van der Waals surface area contributed by atoms with Crippen LogP contribution in [0, 0.1) is 0 Å². The number of unbranched alkanes of at least 4 members (excludes halogenated alkanes) is 30. The summed E-state index contributed by atoms with van der Waals surface area (Å²) in [6.45, 7) is 9.60. The summed E-state index contributed by atoms with van der Waals surface area (Å²) in [7, 11) is 0. The van der Waals surface area contributed by atoms with Gasteiger partial charge in [0, 0.05) is 6.04 Å². The zero-order valence-electron chi connectivity index (χ0n) is 31.9. The van der Waals surface area contributed by atoms with Crippen molar-refractivity contribution in [1.82, 2.24) is 4.90 Å². The van der Waals surface area contributed by atoms with Crippen LogP contribution in [0.25, 0.3) is 0 Å². The zero-order chi connectivity index (χ0) is 32.3. The molecule has 0 fully saturated rings. The first-order valence-corrected chi connectivity index (χ1v) is 21.1. The summed E-state index contributed by atoms with van der Waals surface area (Å²) in [5.41, 5.74) is 1.49. The van der Waals surface area contributed by atoms with Crippen LogP contribution in [0.3, 0.4) is 0 Å². The summed E-state index contributed by atoms with van der Waals surface area (Å²) in [6, 6.07) is 11.8. The van der Waals surface area contributed by atoms with Crippen LogP contribution in [0.5, 0.6) is 0 Å². The van der Waals surface area contributed by atoms with Gasteiger partial charge in [0.2, 0.25) is 0 Å². The Labute approximate surface area is 297 Å². The summed E-state index contributed by atoms with van der Waals surface area (Å²) in [6.07, 6.45) is 46.3. The number of rotatable bonds is 36. The maximum atomic E-state index is 2.79. The predicted molar refractivity (Wildman–Crippen MR) is 213 cm³/mol. The molecule has 0 aliphatic carbocycles. The molecule has 1 rings (SSSR count). The Hall–Kier alpha value is -0.530. The van der Waals surface area contributed by atoms with Gasteiger partial charge >= 0.3 is 0 Å². The highest BCUT2D eigenvalue weighted by molar-refractivity contribution is 5.85. The molecule has 0 aliphatic heterocycles. The van der Waals surface area contributed by atoms with E-state index >= 15 is 0 Å². The van der Waals surface area contributed by atoms with E-state index in [0.29, 0.717) is 6.04 Å².